The second kappa shape index (κ2) is 6.90. The van der Waals surface area contributed by atoms with Crippen LogP contribution in [0.2, 0.25) is 0 Å². The van der Waals surface area contributed by atoms with E-state index in [9.17, 15) is 9.59 Å². The molecule has 0 saturated carbocycles. The van der Waals surface area contributed by atoms with E-state index in [0.717, 1.165) is 0 Å². The van der Waals surface area contributed by atoms with Gasteiger partial charge in [-0.05, 0) is 52.3 Å². The molecule has 0 fully saturated rings. The van der Waals surface area contributed by atoms with Gasteiger partial charge < -0.3 is 15.2 Å². The summed E-state index contributed by atoms with van der Waals surface area (Å²) >= 11 is 3.32. The van der Waals surface area contributed by atoms with Gasteiger partial charge in [-0.15, -0.1) is 0 Å². The number of amides is 1. The zero-order chi connectivity index (χ0) is 15.2. The molecular formula is C15H12BrNO4. The molecule has 2 rings (SSSR count). The third kappa shape index (κ3) is 4.32. The summed E-state index contributed by atoms with van der Waals surface area (Å²) < 4.78 is 5.72. The number of carbonyl (C=O) groups is 2. The summed E-state index contributed by atoms with van der Waals surface area (Å²) in [5.41, 5.74) is 1.13. The molecule has 0 heterocycles. The summed E-state index contributed by atoms with van der Waals surface area (Å²) in [6.07, 6.45) is 0. The number of anilines is 1. The van der Waals surface area contributed by atoms with E-state index in [0.29, 0.717) is 21.5 Å². The minimum Gasteiger partial charge on any atom is -0.482 e. The van der Waals surface area contributed by atoms with Crippen molar-refractivity contribution in [3.63, 3.8) is 0 Å². The van der Waals surface area contributed by atoms with Crippen LogP contribution in [0.25, 0.3) is 0 Å². The predicted molar refractivity (Wildman–Crippen MR) is 81.7 cm³/mol. The van der Waals surface area contributed by atoms with E-state index in [1.807, 2.05) is 6.07 Å². The first-order valence-electron chi connectivity index (χ1n) is 6.07. The lowest BCUT2D eigenvalue weighted by Gasteiger charge is -2.08. The summed E-state index contributed by atoms with van der Waals surface area (Å²) in [6.45, 7) is -0.400. The Morgan fingerprint density at radius 2 is 1.76 bits per heavy atom. The topological polar surface area (TPSA) is 75.6 Å². The van der Waals surface area contributed by atoms with Gasteiger partial charge in [0, 0.05) is 10.2 Å². The quantitative estimate of drug-likeness (QED) is 0.869. The van der Waals surface area contributed by atoms with Gasteiger partial charge in [0.1, 0.15) is 5.75 Å². The summed E-state index contributed by atoms with van der Waals surface area (Å²) in [6, 6.07) is 13.6. The molecule has 2 N–H and O–H groups in total. The zero-order valence-electron chi connectivity index (χ0n) is 10.9. The molecule has 0 saturated heterocycles. The van der Waals surface area contributed by atoms with Crippen LogP contribution in [0.1, 0.15) is 10.4 Å². The second-order valence-corrected chi connectivity index (χ2v) is 5.00. The van der Waals surface area contributed by atoms with Crippen molar-refractivity contribution < 1.29 is 19.4 Å². The highest BCUT2D eigenvalue weighted by molar-refractivity contribution is 9.10. The molecular weight excluding hydrogens is 338 g/mol. The number of benzene rings is 2. The van der Waals surface area contributed by atoms with Crippen molar-refractivity contribution in [3.05, 3.63) is 58.6 Å². The number of nitrogens with one attached hydrogen (secondary N) is 1. The van der Waals surface area contributed by atoms with Gasteiger partial charge in [0.25, 0.3) is 5.91 Å². The molecule has 0 aliphatic rings. The molecule has 0 radical (unpaired) electrons. The van der Waals surface area contributed by atoms with Crippen LogP contribution in [-0.2, 0) is 4.79 Å². The Bertz CT molecular complexity index is 655. The van der Waals surface area contributed by atoms with Crippen molar-refractivity contribution in [1.29, 1.82) is 0 Å². The lowest BCUT2D eigenvalue weighted by atomic mass is 10.2. The first-order valence-corrected chi connectivity index (χ1v) is 6.86. The van der Waals surface area contributed by atoms with Crippen LogP contribution in [0, 0.1) is 0 Å². The van der Waals surface area contributed by atoms with Crippen molar-refractivity contribution in [2.75, 3.05) is 11.9 Å². The highest BCUT2D eigenvalue weighted by atomic mass is 79.9. The molecule has 2 aromatic rings. The second-order valence-electron chi connectivity index (χ2n) is 4.14. The van der Waals surface area contributed by atoms with Crippen LogP contribution in [0.4, 0.5) is 5.69 Å². The Balaban J connectivity index is 2.02. The molecule has 6 heteroatoms. The van der Waals surface area contributed by atoms with E-state index in [-0.39, 0.29) is 5.91 Å². The molecule has 21 heavy (non-hydrogen) atoms. The van der Waals surface area contributed by atoms with E-state index in [1.54, 1.807) is 42.5 Å². The number of aliphatic carboxylic acids is 1. The van der Waals surface area contributed by atoms with Gasteiger partial charge in [0.2, 0.25) is 0 Å². The largest absolute Gasteiger partial charge is 0.482 e. The van der Waals surface area contributed by atoms with Crippen LogP contribution in [0.5, 0.6) is 5.75 Å². The summed E-state index contributed by atoms with van der Waals surface area (Å²) in [4.78, 5) is 22.5. The third-order valence-electron chi connectivity index (χ3n) is 2.59. The third-order valence-corrected chi connectivity index (χ3v) is 3.28. The lowest BCUT2D eigenvalue weighted by molar-refractivity contribution is -0.139. The van der Waals surface area contributed by atoms with Crippen molar-refractivity contribution >= 4 is 33.5 Å². The average Bonchev–Trinajstić information content (AvgIpc) is 2.47. The van der Waals surface area contributed by atoms with E-state index in [2.05, 4.69) is 21.2 Å². The molecule has 0 unspecified atom stereocenters. The van der Waals surface area contributed by atoms with Crippen LogP contribution < -0.4 is 10.1 Å². The molecule has 0 aliphatic carbocycles. The Morgan fingerprint density at radius 3 is 2.38 bits per heavy atom. The fourth-order valence-electron chi connectivity index (χ4n) is 1.62. The maximum absolute atomic E-state index is 12.1. The van der Waals surface area contributed by atoms with Gasteiger partial charge in [-0.2, -0.15) is 0 Å². The first kappa shape index (κ1) is 15.1. The molecule has 0 aromatic heterocycles. The number of carbonyl (C=O) groups excluding carboxylic acids is 1. The number of hydrogen-bond donors (Lipinski definition) is 2. The van der Waals surface area contributed by atoms with Crippen molar-refractivity contribution in [1.82, 2.24) is 0 Å². The van der Waals surface area contributed by atoms with Gasteiger partial charge in [-0.3, -0.25) is 4.79 Å². The smallest absolute Gasteiger partial charge is 0.341 e. The van der Waals surface area contributed by atoms with Crippen LogP contribution in [-0.4, -0.2) is 23.6 Å². The maximum atomic E-state index is 12.1. The predicted octanol–water partition coefficient (Wildman–Crippen LogP) is 3.16. The van der Waals surface area contributed by atoms with Gasteiger partial charge in [-0.1, -0.05) is 12.1 Å². The number of carboxylic acid groups (broad SMARTS) is 1. The molecule has 0 spiro atoms. The summed E-state index contributed by atoms with van der Waals surface area (Å²) in [7, 11) is 0. The molecule has 5 nitrogen and oxygen atoms in total. The zero-order valence-corrected chi connectivity index (χ0v) is 12.5. The number of carboxylic acids is 1. The van der Waals surface area contributed by atoms with E-state index in [1.165, 1.54) is 0 Å². The van der Waals surface area contributed by atoms with Crippen molar-refractivity contribution in [3.8, 4) is 5.75 Å². The minimum atomic E-state index is -1.04. The lowest BCUT2D eigenvalue weighted by Crippen LogP contribution is -2.12. The monoisotopic (exact) mass is 349 g/mol. The molecule has 1 amide bonds. The number of rotatable bonds is 5. The molecule has 108 valence electrons. The first-order chi connectivity index (χ1) is 10.1. The Hall–Kier alpha value is -2.34. The Labute approximate surface area is 129 Å². The highest BCUT2D eigenvalue weighted by Gasteiger charge is 2.09. The summed E-state index contributed by atoms with van der Waals surface area (Å²) in [5, 5.41) is 11.3. The molecule has 0 aliphatic heterocycles. The Kier molecular flexibility index (Phi) is 4.94. The van der Waals surface area contributed by atoms with E-state index in [4.69, 9.17) is 9.84 Å². The Morgan fingerprint density at radius 1 is 1.10 bits per heavy atom. The van der Waals surface area contributed by atoms with Gasteiger partial charge in [0.15, 0.2) is 6.61 Å². The number of hydrogen-bond acceptors (Lipinski definition) is 3. The SMILES string of the molecule is O=C(O)COc1ccc(NC(=O)c2ccccc2Br)cc1. The van der Waals surface area contributed by atoms with Crippen molar-refractivity contribution in [2.24, 2.45) is 0 Å². The molecule has 0 atom stereocenters. The van der Waals surface area contributed by atoms with E-state index >= 15 is 0 Å². The molecule has 2 aromatic carbocycles. The summed E-state index contributed by atoms with van der Waals surface area (Å²) in [5.74, 6) is -0.848. The number of halogens is 1. The highest BCUT2D eigenvalue weighted by Crippen LogP contribution is 2.19. The van der Waals surface area contributed by atoms with Crippen molar-refractivity contribution in [2.45, 2.75) is 0 Å². The van der Waals surface area contributed by atoms with E-state index < -0.39 is 12.6 Å². The van der Waals surface area contributed by atoms with Crippen LogP contribution in [0.3, 0.4) is 0 Å². The number of ether oxygens (including phenoxy) is 1. The minimum absolute atomic E-state index is 0.235. The molecule has 0 bridgehead atoms. The van der Waals surface area contributed by atoms with Crippen LogP contribution in [0.15, 0.2) is 53.0 Å². The van der Waals surface area contributed by atoms with Gasteiger partial charge >= 0.3 is 5.97 Å². The average molecular weight is 350 g/mol. The van der Waals surface area contributed by atoms with Gasteiger partial charge in [-0.25, -0.2) is 4.79 Å². The standard InChI is InChI=1S/C15H12BrNO4/c16-13-4-2-1-3-12(13)15(20)17-10-5-7-11(8-6-10)21-9-14(18)19/h1-8H,9H2,(H,17,20)(H,18,19). The van der Waals surface area contributed by atoms with Gasteiger partial charge in [0.05, 0.1) is 5.56 Å². The fraction of sp³-hybridized carbons (Fsp3) is 0.0667. The normalized spacial score (nSPS) is 9.95. The fourth-order valence-corrected chi connectivity index (χ4v) is 2.09. The van der Waals surface area contributed by atoms with Crippen LogP contribution >= 0.6 is 15.9 Å². The maximum Gasteiger partial charge on any atom is 0.341 e.